The summed E-state index contributed by atoms with van der Waals surface area (Å²) in [6, 6.07) is 13.4. The van der Waals surface area contributed by atoms with Crippen molar-refractivity contribution >= 4 is 11.6 Å². The van der Waals surface area contributed by atoms with Crippen LogP contribution in [-0.2, 0) is 11.2 Å². The molecular formula is C23H27N3O4. The third kappa shape index (κ3) is 5.37. The number of carbonyl (C=O) groups excluding carboxylic acids is 1. The number of hydrogen-bond acceptors (Lipinski definition) is 6. The van der Waals surface area contributed by atoms with Crippen LogP contribution in [0.1, 0.15) is 44.1 Å². The molecule has 0 aliphatic heterocycles. The Morgan fingerprint density at radius 3 is 2.47 bits per heavy atom. The van der Waals surface area contributed by atoms with Gasteiger partial charge in [0.15, 0.2) is 11.5 Å². The predicted octanol–water partition coefficient (Wildman–Crippen LogP) is 4.84. The van der Waals surface area contributed by atoms with Gasteiger partial charge in [-0.15, -0.1) is 0 Å². The van der Waals surface area contributed by atoms with Crippen molar-refractivity contribution in [1.82, 2.24) is 10.1 Å². The van der Waals surface area contributed by atoms with Crippen LogP contribution in [-0.4, -0.2) is 30.3 Å². The van der Waals surface area contributed by atoms with Gasteiger partial charge in [-0.3, -0.25) is 4.79 Å². The predicted molar refractivity (Wildman–Crippen MR) is 115 cm³/mol. The molecule has 1 aromatic heterocycles. The Kier molecular flexibility index (Phi) is 7.06. The van der Waals surface area contributed by atoms with Gasteiger partial charge in [0.25, 0.3) is 0 Å². The Labute approximate surface area is 176 Å². The lowest BCUT2D eigenvalue weighted by molar-refractivity contribution is -0.116. The molecule has 0 saturated heterocycles. The number of rotatable bonds is 9. The lowest BCUT2D eigenvalue weighted by Crippen LogP contribution is -2.11. The summed E-state index contributed by atoms with van der Waals surface area (Å²) in [6.45, 7) is 4.28. The highest BCUT2D eigenvalue weighted by Crippen LogP contribution is 2.31. The first kappa shape index (κ1) is 21.4. The molecule has 158 valence electrons. The van der Waals surface area contributed by atoms with E-state index < -0.39 is 0 Å². The summed E-state index contributed by atoms with van der Waals surface area (Å²) in [6.07, 6.45) is 1.52. The summed E-state index contributed by atoms with van der Waals surface area (Å²) in [7, 11) is 3.16. The van der Waals surface area contributed by atoms with Crippen LogP contribution in [0.5, 0.6) is 11.5 Å². The first-order chi connectivity index (χ1) is 14.5. The molecule has 30 heavy (non-hydrogen) atoms. The second-order valence-corrected chi connectivity index (χ2v) is 7.26. The Morgan fingerprint density at radius 1 is 1.07 bits per heavy atom. The number of aromatic nitrogens is 2. The van der Waals surface area contributed by atoms with E-state index in [-0.39, 0.29) is 5.91 Å². The zero-order valence-electron chi connectivity index (χ0n) is 17.8. The van der Waals surface area contributed by atoms with Crippen LogP contribution in [0.4, 0.5) is 5.69 Å². The van der Waals surface area contributed by atoms with Gasteiger partial charge < -0.3 is 19.3 Å². The number of benzene rings is 2. The van der Waals surface area contributed by atoms with Crippen LogP contribution in [0.25, 0.3) is 11.4 Å². The smallest absolute Gasteiger partial charge is 0.226 e. The van der Waals surface area contributed by atoms with E-state index in [1.807, 2.05) is 30.3 Å². The van der Waals surface area contributed by atoms with E-state index in [2.05, 4.69) is 29.3 Å². The third-order valence-electron chi connectivity index (χ3n) is 4.77. The Hall–Kier alpha value is -3.35. The number of anilines is 1. The van der Waals surface area contributed by atoms with Crippen LogP contribution in [0.3, 0.4) is 0 Å². The summed E-state index contributed by atoms with van der Waals surface area (Å²) >= 11 is 0. The van der Waals surface area contributed by atoms with E-state index in [9.17, 15) is 4.79 Å². The number of amides is 1. The van der Waals surface area contributed by atoms with E-state index >= 15 is 0 Å². The zero-order chi connectivity index (χ0) is 21.5. The molecule has 0 aliphatic carbocycles. The van der Waals surface area contributed by atoms with Gasteiger partial charge in [0.05, 0.1) is 14.2 Å². The average Bonchev–Trinajstić information content (AvgIpc) is 3.22. The number of carbonyl (C=O) groups is 1. The molecule has 0 unspecified atom stereocenters. The molecule has 0 atom stereocenters. The maximum absolute atomic E-state index is 12.2. The van der Waals surface area contributed by atoms with Gasteiger partial charge in [0.1, 0.15) is 0 Å². The van der Waals surface area contributed by atoms with Crippen LogP contribution in [0, 0.1) is 0 Å². The van der Waals surface area contributed by atoms with E-state index in [4.69, 9.17) is 14.0 Å². The van der Waals surface area contributed by atoms with Gasteiger partial charge in [-0.05, 0) is 48.2 Å². The minimum atomic E-state index is -0.0353. The molecule has 7 nitrogen and oxygen atoms in total. The molecule has 2 aromatic carbocycles. The minimum Gasteiger partial charge on any atom is -0.493 e. The fourth-order valence-corrected chi connectivity index (χ4v) is 3.02. The summed E-state index contributed by atoms with van der Waals surface area (Å²) in [4.78, 5) is 16.6. The molecule has 0 aliphatic rings. The Morgan fingerprint density at radius 2 is 1.80 bits per heavy atom. The first-order valence-electron chi connectivity index (χ1n) is 9.95. The SMILES string of the molecule is COc1ccc(-c2noc(CCCC(=O)Nc3ccc(C(C)C)cc3)n2)cc1OC. The lowest BCUT2D eigenvalue weighted by Gasteiger charge is -2.08. The maximum atomic E-state index is 12.2. The molecule has 0 spiro atoms. The van der Waals surface area contributed by atoms with E-state index in [1.54, 1.807) is 26.4 Å². The van der Waals surface area contributed by atoms with Crippen molar-refractivity contribution in [2.24, 2.45) is 0 Å². The van der Waals surface area contributed by atoms with Gasteiger partial charge in [-0.1, -0.05) is 31.1 Å². The quantitative estimate of drug-likeness (QED) is 0.544. The molecule has 3 rings (SSSR count). The van der Waals surface area contributed by atoms with Crippen molar-refractivity contribution in [3.05, 3.63) is 53.9 Å². The largest absolute Gasteiger partial charge is 0.493 e. The second kappa shape index (κ2) is 9.91. The molecule has 3 aromatic rings. The molecule has 0 radical (unpaired) electrons. The summed E-state index contributed by atoms with van der Waals surface area (Å²) in [5.41, 5.74) is 2.82. The highest BCUT2D eigenvalue weighted by Gasteiger charge is 2.13. The fourth-order valence-electron chi connectivity index (χ4n) is 3.02. The van der Waals surface area contributed by atoms with Crippen LogP contribution < -0.4 is 14.8 Å². The zero-order valence-corrected chi connectivity index (χ0v) is 17.8. The fraction of sp³-hybridized carbons (Fsp3) is 0.348. The average molecular weight is 409 g/mol. The Bertz CT molecular complexity index is 980. The van der Waals surface area contributed by atoms with Crippen LogP contribution in [0.2, 0.25) is 0 Å². The van der Waals surface area contributed by atoms with E-state index in [0.717, 1.165) is 11.3 Å². The maximum Gasteiger partial charge on any atom is 0.226 e. The van der Waals surface area contributed by atoms with Gasteiger partial charge in [-0.2, -0.15) is 4.98 Å². The Balaban J connectivity index is 1.51. The molecular weight excluding hydrogens is 382 g/mol. The number of nitrogens with one attached hydrogen (secondary N) is 1. The van der Waals surface area contributed by atoms with Crippen molar-refractivity contribution in [1.29, 1.82) is 0 Å². The number of aryl methyl sites for hydroxylation is 1. The van der Waals surface area contributed by atoms with E-state index in [0.29, 0.717) is 48.4 Å². The third-order valence-corrected chi connectivity index (χ3v) is 4.77. The molecule has 0 bridgehead atoms. The van der Waals surface area contributed by atoms with Gasteiger partial charge in [0, 0.05) is 24.1 Å². The molecule has 0 fully saturated rings. The molecule has 1 amide bonds. The van der Waals surface area contributed by atoms with Crippen molar-refractivity contribution in [2.45, 2.75) is 39.0 Å². The van der Waals surface area contributed by atoms with Gasteiger partial charge in [-0.25, -0.2) is 0 Å². The highest BCUT2D eigenvalue weighted by molar-refractivity contribution is 5.90. The summed E-state index contributed by atoms with van der Waals surface area (Å²) in [5.74, 6) is 2.63. The van der Waals surface area contributed by atoms with Crippen molar-refractivity contribution in [3.8, 4) is 22.9 Å². The minimum absolute atomic E-state index is 0.0353. The highest BCUT2D eigenvalue weighted by atomic mass is 16.5. The van der Waals surface area contributed by atoms with Crippen molar-refractivity contribution < 1.29 is 18.8 Å². The topological polar surface area (TPSA) is 86.5 Å². The van der Waals surface area contributed by atoms with Gasteiger partial charge in [0.2, 0.25) is 17.6 Å². The van der Waals surface area contributed by atoms with Crippen LogP contribution in [0.15, 0.2) is 47.0 Å². The molecule has 1 N–H and O–H groups in total. The summed E-state index contributed by atoms with van der Waals surface area (Å²) < 4.78 is 15.9. The molecule has 7 heteroatoms. The van der Waals surface area contributed by atoms with Crippen LogP contribution >= 0.6 is 0 Å². The van der Waals surface area contributed by atoms with Crippen molar-refractivity contribution in [3.63, 3.8) is 0 Å². The normalized spacial score (nSPS) is 10.8. The monoisotopic (exact) mass is 409 g/mol. The lowest BCUT2D eigenvalue weighted by atomic mass is 10.0. The number of hydrogen-bond donors (Lipinski definition) is 1. The first-order valence-corrected chi connectivity index (χ1v) is 9.95. The van der Waals surface area contributed by atoms with Gasteiger partial charge >= 0.3 is 0 Å². The summed E-state index contributed by atoms with van der Waals surface area (Å²) in [5, 5.41) is 6.94. The second-order valence-electron chi connectivity index (χ2n) is 7.26. The number of methoxy groups -OCH3 is 2. The van der Waals surface area contributed by atoms with Crippen molar-refractivity contribution in [2.75, 3.05) is 19.5 Å². The molecule has 1 heterocycles. The number of nitrogens with zero attached hydrogens (tertiary/aromatic N) is 2. The number of ether oxygens (including phenoxy) is 2. The molecule has 0 saturated carbocycles. The van der Waals surface area contributed by atoms with E-state index in [1.165, 1.54) is 5.56 Å². The standard InChI is InChI=1S/C23H27N3O4/c1-15(2)16-8-11-18(12-9-16)24-21(27)6-5-7-22-25-23(26-30-22)17-10-13-19(28-3)20(14-17)29-4/h8-15H,5-7H2,1-4H3,(H,24,27).